The van der Waals surface area contributed by atoms with E-state index in [0.717, 1.165) is 57.5 Å². The van der Waals surface area contributed by atoms with Crippen LogP contribution in [0.1, 0.15) is 36.0 Å². The van der Waals surface area contributed by atoms with Crippen LogP contribution in [0.3, 0.4) is 0 Å². The zero-order valence-electron chi connectivity index (χ0n) is 13.1. The smallest absolute Gasteiger partial charge is 0.136 e. The second-order valence-corrected chi connectivity index (χ2v) is 6.77. The van der Waals surface area contributed by atoms with Gasteiger partial charge in [0.05, 0.1) is 28.2 Å². The van der Waals surface area contributed by atoms with Crippen molar-refractivity contribution >= 4 is 11.3 Å². The van der Waals surface area contributed by atoms with Crippen LogP contribution in [-0.4, -0.2) is 19.9 Å². The molecule has 3 heterocycles. The number of rotatable bonds is 3. The summed E-state index contributed by atoms with van der Waals surface area (Å²) in [5.41, 5.74) is 4.26. The van der Waals surface area contributed by atoms with E-state index in [1.165, 1.54) is 0 Å². The average molecular weight is 337 g/mol. The molecule has 3 aromatic rings. The summed E-state index contributed by atoms with van der Waals surface area (Å²) in [7, 11) is 0. The molecule has 3 aromatic heterocycles. The Morgan fingerprint density at radius 1 is 1.29 bits per heavy atom. The second-order valence-electron chi connectivity index (χ2n) is 5.78. The summed E-state index contributed by atoms with van der Waals surface area (Å²) in [4.78, 5) is 30.1. The highest BCUT2D eigenvalue weighted by molar-refractivity contribution is 7.18. The number of aromatic nitrogens is 4. The lowest BCUT2D eigenvalue weighted by Crippen LogP contribution is -2.12. The number of aryl methyl sites for hydroxylation is 2. The lowest BCUT2D eigenvalue weighted by atomic mass is 9.96. The van der Waals surface area contributed by atoms with Gasteiger partial charge in [0.1, 0.15) is 16.7 Å². The molecule has 1 atom stereocenters. The molecule has 24 heavy (non-hydrogen) atoms. The van der Waals surface area contributed by atoms with Crippen molar-refractivity contribution in [2.75, 3.05) is 0 Å². The Hall–Kier alpha value is -2.54. The molecular formula is C17H15N5OS. The van der Waals surface area contributed by atoms with Gasteiger partial charge in [-0.2, -0.15) is 4.91 Å². The fourth-order valence-corrected chi connectivity index (χ4v) is 3.96. The zero-order chi connectivity index (χ0) is 16.5. The number of fused-ring (bicyclic) bond motifs is 1. The summed E-state index contributed by atoms with van der Waals surface area (Å²) in [5, 5.41) is 4.13. The lowest BCUT2D eigenvalue weighted by Gasteiger charge is -2.18. The van der Waals surface area contributed by atoms with Crippen molar-refractivity contribution in [1.29, 1.82) is 0 Å². The Labute approximate surface area is 143 Å². The Bertz CT molecular complexity index is 893. The van der Waals surface area contributed by atoms with E-state index in [1.807, 2.05) is 19.1 Å². The standard InChI is InChI=1S/C17H15N5OS/c1-10-16(24-17(20-10)11-4-3-7-18-8-11)14-9-19-12-5-2-6-13(22-23)15(12)21-14/h3-4,7-9,13H,2,5-6H2,1H3. The fraction of sp³-hybridized carbons (Fsp3) is 0.294. The van der Waals surface area contributed by atoms with Crippen molar-refractivity contribution in [3.8, 4) is 21.1 Å². The maximum Gasteiger partial charge on any atom is 0.136 e. The van der Waals surface area contributed by atoms with Gasteiger partial charge < -0.3 is 0 Å². The van der Waals surface area contributed by atoms with Gasteiger partial charge in [0, 0.05) is 18.0 Å². The van der Waals surface area contributed by atoms with Crippen LogP contribution in [0.4, 0.5) is 0 Å². The summed E-state index contributed by atoms with van der Waals surface area (Å²) >= 11 is 1.56. The number of thiazole rings is 1. The Morgan fingerprint density at radius 2 is 2.21 bits per heavy atom. The first-order valence-electron chi connectivity index (χ1n) is 7.82. The molecule has 0 spiro atoms. The zero-order valence-corrected chi connectivity index (χ0v) is 14.0. The van der Waals surface area contributed by atoms with E-state index in [9.17, 15) is 4.91 Å². The monoisotopic (exact) mass is 337 g/mol. The highest BCUT2D eigenvalue weighted by Crippen LogP contribution is 2.36. The van der Waals surface area contributed by atoms with Crippen molar-refractivity contribution in [2.24, 2.45) is 5.18 Å². The first kappa shape index (κ1) is 15.0. The molecule has 6 nitrogen and oxygen atoms in total. The number of hydrogen-bond donors (Lipinski definition) is 0. The SMILES string of the molecule is Cc1nc(-c2cccnc2)sc1-c1cnc2c(n1)C(N=O)CCC2. The number of hydrogen-bond acceptors (Lipinski definition) is 7. The molecule has 1 aliphatic carbocycles. The Balaban J connectivity index is 1.77. The second kappa shape index (κ2) is 6.16. The van der Waals surface area contributed by atoms with Gasteiger partial charge in [-0.05, 0) is 38.3 Å². The van der Waals surface area contributed by atoms with Crippen molar-refractivity contribution in [3.63, 3.8) is 0 Å². The summed E-state index contributed by atoms with van der Waals surface area (Å²) in [6, 6.07) is 3.50. The van der Waals surface area contributed by atoms with Gasteiger partial charge in [0.25, 0.3) is 0 Å². The van der Waals surface area contributed by atoms with Gasteiger partial charge in [0.2, 0.25) is 0 Å². The first-order valence-corrected chi connectivity index (χ1v) is 8.64. The molecule has 1 aliphatic rings. The molecule has 7 heteroatoms. The number of nitroso groups, excluding NO2 is 1. The minimum absolute atomic E-state index is 0.382. The highest BCUT2D eigenvalue weighted by atomic mass is 32.1. The molecule has 0 bridgehead atoms. The minimum Gasteiger partial charge on any atom is -0.264 e. The third-order valence-corrected chi connectivity index (χ3v) is 5.38. The molecule has 0 aliphatic heterocycles. The third kappa shape index (κ3) is 2.60. The van der Waals surface area contributed by atoms with E-state index in [4.69, 9.17) is 4.98 Å². The van der Waals surface area contributed by atoms with E-state index in [-0.39, 0.29) is 6.04 Å². The summed E-state index contributed by atoms with van der Waals surface area (Å²) in [5.74, 6) is 0. The van der Waals surface area contributed by atoms with E-state index in [0.29, 0.717) is 0 Å². The van der Waals surface area contributed by atoms with E-state index in [2.05, 4.69) is 20.1 Å². The Kier molecular flexibility index (Phi) is 3.86. The van der Waals surface area contributed by atoms with Crippen LogP contribution in [0, 0.1) is 11.8 Å². The first-order chi connectivity index (χ1) is 11.8. The predicted molar refractivity (Wildman–Crippen MR) is 92.6 cm³/mol. The predicted octanol–water partition coefficient (Wildman–Crippen LogP) is 4.11. The average Bonchev–Trinajstić information content (AvgIpc) is 3.03. The van der Waals surface area contributed by atoms with E-state index in [1.54, 1.807) is 29.9 Å². The number of pyridine rings is 1. The van der Waals surface area contributed by atoms with E-state index >= 15 is 0 Å². The fourth-order valence-electron chi connectivity index (χ4n) is 2.95. The summed E-state index contributed by atoms with van der Waals surface area (Å²) in [6.45, 7) is 1.96. The van der Waals surface area contributed by atoms with Crippen LogP contribution in [0.2, 0.25) is 0 Å². The maximum absolute atomic E-state index is 11.1. The third-order valence-electron chi connectivity index (χ3n) is 4.15. The summed E-state index contributed by atoms with van der Waals surface area (Å²) in [6.07, 6.45) is 7.86. The maximum atomic E-state index is 11.1. The van der Waals surface area contributed by atoms with Gasteiger partial charge in [-0.25, -0.2) is 9.97 Å². The van der Waals surface area contributed by atoms with Crippen LogP contribution in [0.15, 0.2) is 35.9 Å². The molecule has 0 fully saturated rings. The molecule has 1 unspecified atom stereocenters. The van der Waals surface area contributed by atoms with Gasteiger partial charge in [0.15, 0.2) is 0 Å². The topological polar surface area (TPSA) is 81.0 Å². The highest BCUT2D eigenvalue weighted by Gasteiger charge is 2.25. The van der Waals surface area contributed by atoms with Crippen molar-refractivity contribution in [2.45, 2.75) is 32.2 Å². The van der Waals surface area contributed by atoms with Crippen molar-refractivity contribution in [3.05, 3.63) is 52.7 Å². The lowest BCUT2D eigenvalue weighted by molar-refractivity contribution is 0.543. The molecule has 4 rings (SSSR count). The Morgan fingerprint density at radius 3 is 3.00 bits per heavy atom. The molecule has 0 N–H and O–H groups in total. The van der Waals surface area contributed by atoms with Crippen LogP contribution in [0.25, 0.3) is 21.1 Å². The van der Waals surface area contributed by atoms with Gasteiger partial charge in [-0.15, -0.1) is 11.3 Å². The molecule has 0 amide bonds. The summed E-state index contributed by atoms with van der Waals surface area (Å²) < 4.78 is 0. The van der Waals surface area contributed by atoms with Crippen LogP contribution in [0.5, 0.6) is 0 Å². The van der Waals surface area contributed by atoms with Gasteiger partial charge in [-0.1, -0.05) is 5.18 Å². The normalized spacial score (nSPS) is 16.6. The van der Waals surface area contributed by atoms with Crippen molar-refractivity contribution < 1.29 is 0 Å². The van der Waals surface area contributed by atoms with Gasteiger partial charge in [-0.3, -0.25) is 9.97 Å². The van der Waals surface area contributed by atoms with Gasteiger partial charge >= 0.3 is 0 Å². The van der Waals surface area contributed by atoms with E-state index < -0.39 is 0 Å². The quantitative estimate of drug-likeness (QED) is 0.672. The molecular weight excluding hydrogens is 322 g/mol. The molecule has 0 saturated carbocycles. The van der Waals surface area contributed by atoms with Crippen LogP contribution < -0.4 is 0 Å². The van der Waals surface area contributed by atoms with Crippen LogP contribution in [-0.2, 0) is 6.42 Å². The van der Waals surface area contributed by atoms with Crippen LogP contribution >= 0.6 is 11.3 Å². The van der Waals surface area contributed by atoms with Crippen molar-refractivity contribution in [1.82, 2.24) is 19.9 Å². The number of nitrogens with zero attached hydrogens (tertiary/aromatic N) is 5. The molecule has 0 aromatic carbocycles. The molecule has 120 valence electrons. The largest absolute Gasteiger partial charge is 0.264 e. The minimum atomic E-state index is -0.382. The molecule has 0 saturated heterocycles. The molecule has 0 radical (unpaired) electrons.